The Morgan fingerprint density at radius 3 is 2.36 bits per heavy atom. The Labute approximate surface area is 136 Å². The van der Waals surface area contributed by atoms with E-state index in [0.717, 1.165) is 15.7 Å². The van der Waals surface area contributed by atoms with Crippen LogP contribution in [0.4, 0.5) is 5.69 Å². The lowest BCUT2D eigenvalue weighted by Gasteiger charge is -2.12. The van der Waals surface area contributed by atoms with E-state index >= 15 is 0 Å². The van der Waals surface area contributed by atoms with Crippen LogP contribution in [0.2, 0.25) is 0 Å². The van der Waals surface area contributed by atoms with Gasteiger partial charge in [0.15, 0.2) is 11.6 Å². The first-order valence-corrected chi connectivity index (χ1v) is 7.49. The molecule has 1 heterocycles. The van der Waals surface area contributed by atoms with Gasteiger partial charge in [-0.2, -0.15) is 0 Å². The average molecular weight is 357 g/mol. The van der Waals surface area contributed by atoms with E-state index in [1.54, 1.807) is 4.68 Å². The molecule has 1 aromatic heterocycles. The standard InChI is InChI=1S/C16H13BrN4O/c1-11(22)15-18-19-16(12-5-3-2-4-6-12)21(15)20-14-9-7-13(17)8-10-14/h2-10,20H,1H3. The summed E-state index contributed by atoms with van der Waals surface area (Å²) < 4.78 is 2.60. The smallest absolute Gasteiger partial charge is 0.219 e. The van der Waals surface area contributed by atoms with Crippen molar-refractivity contribution in [2.45, 2.75) is 6.92 Å². The normalized spacial score (nSPS) is 10.5. The average Bonchev–Trinajstić information content (AvgIpc) is 2.94. The first-order valence-electron chi connectivity index (χ1n) is 6.69. The van der Waals surface area contributed by atoms with Gasteiger partial charge in [-0.1, -0.05) is 46.3 Å². The third-order valence-corrected chi connectivity index (χ3v) is 3.62. The first kappa shape index (κ1) is 14.5. The molecule has 0 radical (unpaired) electrons. The minimum absolute atomic E-state index is 0.153. The summed E-state index contributed by atoms with van der Waals surface area (Å²) in [5, 5.41) is 8.14. The Morgan fingerprint density at radius 1 is 1.05 bits per heavy atom. The van der Waals surface area contributed by atoms with Crippen molar-refractivity contribution >= 4 is 27.4 Å². The maximum Gasteiger partial charge on any atom is 0.219 e. The molecule has 1 N–H and O–H groups in total. The Hall–Kier alpha value is -2.47. The van der Waals surface area contributed by atoms with E-state index in [0.29, 0.717) is 5.82 Å². The minimum Gasteiger partial charge on any atom is -0.291 e. The van der Waals surface area contributed by atoms with Crippen LogP contribution in [0, 0.1) is 0 Å². The van der Waals surface area contributed by atoms with Gasteiger partial charge >= 0.3 is 0 Å². The minimum atomic E-state index is -0.153. The molecule has 0 saturated carbocycles. The molecule has 0 fully saturated rings. The molecule has 3 rings (SSSR count). The van der Waals surface area contributed by atoms with E-state index in [9.17, 15) is 4.79 Å². The van der Waals surface area contributed by atoms with Crippen molar-refractivity contribution in [2.75, 3.05) is 5.43 Å². The van der Waals surface area contributed by atoms with Gasteiger partial charge in [-0.25, -0.2) is 4.68 Å². The van der Waals surface area contributed by atoms with Crippen LogP contribution in [-0.2, 0) is 0 Å². The topological polar surface area (TPSA) is 59.8 Å². The Balaban J connectivity index is 2.05. The van der Waals surface area contributed by atoms with Gasteiger partial charge in [0.25, 0.3) is 0 Å². The van der Waals surface area contributed by atoms with Crippen LogP contribution in [0.5, 0.6) is 0 Å². The quantitative estimate of drug-likeness (QED) is 0.722. The number of aromatic nitrogens is 3. The summed E-state index contributed by atoms with van der Waals surface area (Å²) in [6, 6.07) is 17.3. The highest BCUT2D eigenvalue weighted by Gasteiger charge is 2.17. The van der Waals surface area contributed by atoms with Crippen LogP contribution < -0.4 is 5.43 Å². The van der Waals surface area contributed by atoms with E-state index < -0.39 is 0 Å². The number of hydrogen-bond donors (Lipinski definition) is 1. The van der Waals surface area contributed by atoms with Gasteiger partial charge in [0.05, 0.1) is 5.69 Å². The van der Waals surface area contributed by atoms with E-state index in [1.165, 1.54) is 6.92 Å². The molecule has 0 aliphatic heterocycles. The molecule has 110 valence electrons. The van der Waals surface area contributed by atoms with Crippen LogP contribution >= 0.6 is 15.9 Å². The molecule has 0 atom stereocenters. The molecule has 0 unspecified atom stereocenters. The highest BCUT2D eigenvalue weighted by atomic mass is 79.9. The summed E-state index contributed by atoms with van der Waals surface area (Å²) in [6.45, 7) is 1.47. The lowest BCUT2D eigenvalue weighted by Crippen LogP contribution is -2.16. The number of carbonyl (C=O) groups excluding carboxylic acids is 1. The number of carbonyl (C=O) groups is 1. The second-order valence-electron chi connectivity index (χ2n) is 4.72. The molecule has 6 heteroatoms. The maximum atomic E-state index is 11.8. The highest BCUT2D eigenvalue weighted by Crippen LogP contribution is 2.20. The first-order chi connectivity index (χ1) is 10.6. The lowest BCUT2D eigenvalue weighted by molar-refractivity contribution is 0.100. The fourth-order valence-electron chi connectivity index (χ4n) is 2.05. The number of nitrogens with zero attached hydrogens (tertiary/aromatic N) is 3. The van der Waals surface area contributed by atoms with Crippen molar-refractivity contribution in [2.24, 2.45) is 0 Å². The molecule has 0 amide bonds. The van der Waals surface area contributed by atoms with Crippen LogP contribution in [0.3, 0.4) is 0 Å². The van der Waals surface area contributed by atoms with Gasteiger partial charge in [0, 0.05) is 17.0 Å². The molecule has 0 aliphatic rings. The Bertz CT molecular complexity index is 797. The van der Waals surface area contributed by atoms with Crippen LogP contribution in [0.15, 0.2) is 59.1 Å². The van der Waals surface area contributed by atoms with Crippen molar-refractivity contribution in [3.8, 4) is 11.4 Å². The van der Waals surface area contributed by atoms with Gasteiger partial charge in [0.1, 0.15) is 0 Å². The predicted octanol–water partition coefficient (Wildman–Crippen LogP) is 3.79. The molecule has 0 bridgehead atoms. The summed E-state index contributed by atoms with van der Waals surface area (Å²) >= 11 is 3.40. The van der Waals surface area contributed by atoms with E-state index in [2.05, 4.69) is 31.6 Å². The Kier molecular flexibility index (Phi) is 4.02. The second-order valence-corrected chi connectivity index (χ2v) is 5.64. The van der Waals surface area contributed by atoms with Crippen LogP contribution in [-0.4, -0.2) is 20.7 Å². The summed E-state index contributed by atoms with van der Waals surface area (Å²) in [7, 11) is 0. The summed E-state index contributed by atoms with van der Waals surface area (Å²) in [5.41, 5.74) is 4.90. The molecular weight excluding hydrogens is 344 g/mol. The number of ketones is 1. The van der Waals surface area contributed by atoms with E-state index in [1.807, 2.05) is 54.6 Å². The molecule has 2 aromatic carbocycles. The number of nitrogens with one attached hydrogen (secondary N) is 1. The van der Waals surface area contributed by atoms with Gasteiger partial charge < -0.3 is 0 Å². The summed E-state index contributed by atoms with van der Waals surface area (Å²) in [5.74, 6) is 0.704. The van der Waals surface area contributed by atoms with Crippen molar-refractivity contribution < 1.29 is 4.79 Å². The van der Waals surface area contributed by atoms with Gasteiger partial charge in [-0.15, -0.1) is 10.2 Å². The van der Waals surface area contributed by atoms with Crippen molar-refractivity contribution in [1.82, 2.24) is 14.9 Å². The third kappa shape index (κ3) is 2.92. The third-order valence-electron chi connectivity index (χ3n) is 3.10. The second kappa shape index (κ2) is 6.11. The number of benzene rings is 2. The fourth-order valence-corrected chi connectivity index (χ4v) is 2.31. The Morgan fingerprint density at radius 2 is 1.73 bits per heavy atom. The van der Waals surface area contributed by atoms with Crippen LogP contribution in [0.1, 0.15) is 17.5 Å². The highest BCUT2D eigenvalue weighted by molar-refractivity contribution is 9.10. The molecule has 5 nitrogen and oxygen atoms in total. The van der Waals surface area contributed by atoms with Gasteiger partial charge in [-0.05, 0) is 24.3 Å². The van der Waals surface area contributed by atoms with Crippen LogP contribution in [0.25, 0.3) is 11.4 Å². The van der Waals surface area contributed by atoms with Crippen molar-refractivity contribution in [3.05, 3.63) is 64.9 Å². The zero-order chi connectivity index (χ0) is 15.5. The molecule has 0 saturated heterocycles. The molecular formula is C16H13BrN4O. The molecule has 0 spiro atoms. The molecule has 0 aliphatic carbocycles. The van der Waals surface area contributed by atoms with Gasteiger partial charge in [0.2, 0.25) is 5.82 Å². The molecule has 22 heavy (non-hydrogen) atoms. The fraction of sp³-hybridized carbons (Fsp3) is 0.0625. The number of halogens is 1. The SMILES string of the molecule is CC(=O)c1nnc(-c2ccccc2)n1Nc1ccc(Br)cc1. The zero-order valence-corrected chi connectivity index (χ0v) is 13.4. The van der Waals surface area contributed by atoms with E-state index in [-0.39, 0.29) is 11.6 Å². The summed E-state index contributed by atoms with van der Waals surface area (Å²) in [4.78, 5) is 11.8. The summed E-state index contributed by atoms with van der Waals surface area (Å²) in [6.07, 6.45) is 0. The number of hydrogen-bond acceptors (Lipinski definition) is 4. The van der Waals surface area contributed by atoms with Crippen molar-refractivity contribution in [1.29, 1.82) is 0 Å². The van der Waals surface area contributed by atoms with E-state index in [4.69, 9.17) is 0 Å². The monoisotopic (exact) mass is 356 g/mol. The number of Topliss-reactive ketones (excluding diaryl/α,β-unsaturated/α-hetero) is 1. The van der Waals surface area contributed by atoms with Crippen molar-refractivity contribution in [3.63, 3.8) is 0 Å². The maximum absolute atomic E-state index is 11.8. The molecule has 3 aromatic rings. The van der Waals surface area contributed by atoms with Gasteiger partial charge in [-0.3, -0.25) is 10.2 Å². The predicted molar refractivity (Wildman–Crippen MR) is 88.6 cm³/mol. The largest absolute Gasteiger partial charge is 0.291 e. The lowest BCUT2D eigenvalue weighted by atomic mass is 10.2. The number of rotatable bonds is 4. The number of anilines is 1. The zero-order valence-electron chi connectivity index (χ0n) is 11.8.